The Labute approximate surface area is 120 Å². The number of imidazole rings is 1. The lowest BCUT2D eigenvalue weighted by Crippen LogP contribution is -2.39. The second kappa shape index (κ2) is 5.94. The van der Waals surface area contributed by atoms with Gasteiger partial charge in [0.05, 0.1) is 30.0 Å². The molecule has 1 N–H and O–H groups in total. The van der Waals surface area contributed by atoms with E-state index in [-0.39, 0.29) is 6.10 Å². The zero-order valence-corrected chi connectivity index (χ0v) is 12.1. The van der Waals surface area contributed by atoms with Crippen LogP contribution < -0.4 is 0 Å². The third kappa shape index (κ3) is 3.02. The number of rotatable bonds is 4. The first kappa shape index (κ1) is 13.6. The highest BCUT2D eigenvalue weighted by atomic mass is 16.3. The predicted molar refractivity (Wildman–Crippen MR) is 80.6 cm³/mol. The summed E-state index contributed by atoms with van der Waals surface area (Å²) in [6.07, 6.45) is 3.99. The first-order valence-electron chi connectivity index (χ1n) is 7.52. The van der Waals surface area contributed by atoms with Gasteiger partial charge >= 0.3 is 0 Å². The molecule has 1 saturated heterocycles. The standard InChI is InChI=1S/C16H23N3O/c1-13-6-8-18(9-7-13)10-14(20)11-19-12-17-15-4-2-3-5-16(15)19/h2-5,12-14,20H,6-11H2,1H3. The predicted octanol–water partition coefficient (Wildman–Crippen LogP) is 2.13. The maximum atomic E-state index is 10.3. The minimum absolute atomic E-state index is 0.332. The van der Waals surface area contributed by atoms with Crippen molar-refractivity contribution in [1.29, 1.82) is 0 Å². The fraction of sp³-hybridized carbons (Fsp3) is 0.562. The molecule has 0 radical (unpaired) electrons. The molecule has 1 aromatic carbocycles. The number of β-amino-alcohol motifs (C(OH)–C–C–N with tert-alkyl or cyclic N) is 1. The number of hydrogen-bond donors (Lipinski definition) is 1. The fourth-order valence-electron chi connectivity index (χ4n) is 2.98. The molecule has 4 nitrogen and oxygen atoms in total. The maximum Gasteiger partial charge on any atom is 0.0959 e. The molecule has 2 heterocycles. The van der Waals surface area contributed by atoms with Crippen LogP contribution in [0.3, 0.4) is 0 Å². The highest BCUT2D eigenvalue weighted by molar-refractivity contribution is 5.74. The van der Waals surface area contributed by atoms with Crippen LogP contribution in [0.5, 0.6) is 0 Å². The molecule has 0 spiro atoms. The minimum atomic E-state index is -0.332. The average Bonchev–Trinajstić information content (AvgIpc) is 2.85. The third-order valence-corrected chi connectivity index (χ3v) is 4.28. The van der Waals surface area contributed by atoms with Crippen LogP contribution in [-0.2, 0) is 6.54 Å². The van der Waals surface area contributed by atoms with Gasteiger partial charge < -0.3 is 14.6 Å². The summed E-state index contributed by atoms with van der Waals surface area (Å²) in [7, 11) is 0. The lowest BCUT2D eigenvalue weighted by molar-refractivity contribution is 0.0809. The van der Waals surface area contributed by atoms with Gasteiger partial charge in [0, 0.05) is 6.54 Å². The summed E-state index contributed by atoms with van der Waals surface area (Å²) in [5.74, 6) is 0.834. The molecule has 1 fully saturated rings. The summed E-state index contributed by atoms with van der Waals surface area (Å²) >= 11 is 0. The summed E-state index contributed by atoms with van der Waals surface area (Å²) in [6, 6.07) is 8.06. The molecule has 4 heteroatoms. The fourth-order valence-corrected chi connectivity index (χ4v) is 2.98. The molecule has 0 amide bonds. The number of likely N-dealkylation sites (tertiary alicyclic amines) is 1. The van der Waals surface area contributed by atoms with Crippen LogP contribution in [0.25, 0.3) is 11.0 Å². The molecule has 1 aliphatic heterocycles. The average molecular weight is 273 g/mol. The molecule has 0 bridgehead atoms. The van der Waals surface area contributed by atoms with Crippen LogP contribution in [0.15, 0.2) is 30.6 Å². The first-order chi connectivity index (χ1) is 9.72. The SMILES string of the molecule is CC1CCN(CC(O)Cn2cnc3ccccc32)CC1. The summed E-state index contributed by atoms with van der Waals surface area (Å²) < 4.78 is 2.05. The largest absolute Gasteiger partial charge is 0.390 e. The van der Waals surface area contributed by atoms with Crippen LogP contribution in [0.4, 0.5) is 0 Å². The Kier molecular flexibility index (Phi) is 4.03. The van der Waals surface area contributed by atoms with E-state index in [1.54, 1.807) is 0 Å². The van der Waals surface area contributed by atoms with Gasteiger partial charge in [-0.3, -0.25) is 0 Å². The smallest absolute Gasteiger partial charge is 0.0959 e. The van der Waals surface area contributed by atoms with Gasteiger partial charge in [-0.05, 0) is 44.0 Å². The number of fused-ring (bicyclic) bond motifs is 1. The van der Waals surface area contributed by atoms with Gasteiger partial charge in [-0.25, -0.2) is 4.98 Å². The van der Waals surface area contributed by atoms with Gasteiger partial charge in [0.15, 0.2) is 0 Å². The second-order valence-corrected chi connectivity index (χ2v) is 6.02. The van der Waals surface area contributed by atoms with Crippen LogP contribution in [-0.4, -0.2) is 45.3 Å². The number of aliphatic hydroxyl groups is 1. The molecular weight excluding hydrogens is 250 g/mol. The van der Waals surface area contributed by atoms with Crippen molar-refractivity contribution in [2.75, 3.05) is 19.6 Å². The van der Waals surface area contributed by atoms with Gasteiger partial charge in [0.1, 0.15) is 0 Å². The Balaban J connectivity index is 1.60. The van der Waals surface area contributed by atoms with E-state index in [1.165, 1.54) is 12.8 Å². The number of piperidine rings is 1. The molecule has 0 saturated carbocycles. The molecule has 1 aliphatic rings. The summed E-state index contributed by atoms with van der Waals surface area (Å²) in [5.41, 5.74) is 2.09. The Hall–Kier alpha value is -1.39. The number of para-hydroxylation sites is 2. The van der Waals surface area contributed by atoms with Gasteiger partial charge in [-0.15, -0.1) is 0 Å². The van der Waals surface area contributed by atoms with Crippen LogP contribution in [0, 0.1) is 5.92 Å². The van der Waals surface area contributed by atoms with Crippen molar-refractivity contribution in [3.8, 4) is 0 Å². The molecule has 108 valence electrons. The molecule has 0 aliphatic carbocycles. The van der Waals surface area contributed by atoms with Crippen LogP contribution in [0.2, 0.25) is 0 Å². The summed E-state index contributed by atoms with van der Waals surface area (Å²) in [6.45, 7) is 5.92. The van der Waals surface area contributed by atoms with Crippen molar-refractivity contribution < 1.29 is 5.11 Å². The van der Waals surface area contributed by atoms with Gasteiger partial charge in [-0.2, -0.15) is 0 Å². The van der Waals surface area contributed by atoms with Crippen LogP contribution >= 0.6 is 0 Å². The lowest BCUT2D eigenvalue weighted by Gasteiger charge is -2.31. The molecular formula is C16H23N3O. The Bertz CT molecular complexity index is 558. The van der Waals surface area contributed by atoms with Crippen LogP contribution in [0.1, 0.15) is 19.8 Å². The van der Waals surface area contributed by atoms with E-state index < -0.39 is 0 Å². The molecule has 2 aromatic rings. The Morgan fingerprint density at radius 3 is 2.80 bits per heavy atom. The highest BCUT2D eigenvalue weighted by Crippen LogP contribution is 2.17. The number of hydrogen-bond acceptors (Lipinski definition) is 3. The molecule has 1 aromatic heterocycles. The van der Waals surface area contributed by atoms with E-state index in [0.717, 1.165) is 36.6 Å². The lowest BCUT2D eigenvalue weighted by atomic mass is 9.99. The van der Waals surface area contributed by atoms with Crippen molar-refractivity contribution in [2.45, 2.75) is 32.4 Å². The monoisotopic (exact) mass is 273 g/mol. The number of nitrogens with zero attached hydrogens (tertiary/aromatic N) is 3. The Morgan fingerprint density at radius 2 is 2.00 bits per heavy atom. The van der Waals surface area contributed by atoms with Gasteiger partial charge in [0.2, 0.25) is 0 Å². The van der Waals surface area contributed by atoms with Crippen molar-refractivity contribution in [1.82, 2.24) is 14.5 Å². The van der Waals surface area contributed by atoms with Crippen molar-refractivity contribution in [3.05, 3.63) is 30.6 Å². The number of aliphatic hydroxyl groups excluding tert-OH is 1. The molecule has 20 heavy (non-hydrogen) atoms. The van der Waals surface area contributed by atoms with E-state index >= 15 is 0 Å². The van der Waals surface area contributed by atoms with E-state index in [4.69, 9.17) is 0 Å². The van der Waals surface area contributed by atoms with Gasteiger partial charge in [-0.1, -0.05) is 19.1 Å². The van der Waals surface area contributed by atoms with E-state index in [1.807, 2.05) is 29.1 Å². The molecule has 1 atom stereocenters. The van der Waals surface area contributed by atoms with E-state index in [2.05, 4.69) is 22.9 Å². The molecule has 1 unspecified atom stereocenters. The zero-order chi connectivity index (χ0) is 13.9. The van der Waals surface area contributed by atoms with Crippen molar-refractivity contribution >= 4 is 11.0 Å². The minimum Gasteiger partial charge on any atom is -0.390 e. The summed E-state index contributed by atoms with van der Waals surface area (Å²) in [5, 5.41) is 10.3. The van der Waals surface area contributed by atoms with E-state index in [0.29, 0.717) is 6.54 Å². The maximum absolute atomic E-state index is 10.3. The second-order valence-electron chi connectivity index (χ2n) is 6.02. The molecule has 3 rings (SSSR count). The number of benzene rings is 1. The number of aromatic nitrogens is 2. The van der Waals surface area contributed by atoms with Crippen molar-refractivity contribution in [2.24, 2.45) is 5.92 Å². The van der Waals surface area contributed by atoms with Crippen molar-refractivity contribution in [3.63, 3.8) is 0 Å². The zero-order valence-electron chi connectivity index (χ0n) is 12.1. The summed E-state index contributed by atoms with van der Waals surface area (Å²) in [4.78, 5) is 6.75. The first-order valence-corrected chi connectivity index (χ1v) is 7.52. The Morgan fingerprint density at radius 1 is 1.25 bits per heavy atom. The van der Waals surface area contributed by atoms with E-state index in [9.17, 15) is 5.11 Å². The topological polar surface area (TPSA) is 41.3 Å². The quantitative estimate of drug-likeness (QED) is 0.928. The normalized spacial score (nSPS) is 19.5. The highest BCUT2D eigenvalue weighted by Gasteiger charge is 2.18. The third-order valence-electron chi connectivity index (χ3n) is 4.28. The van der Waals surface area contributed by atoms with Gasteiger partial charge in [0.25, 0.3) is 0 Å².